The Hall–Kier alpha value is -0.910. The van der Waals surface area contributed by atoms with Gasteiger partial charge >= 0.3 is 0 Å². The van der Waals surface area contributed by atoms with Crippen LogP contribution in [0.5, 0.6) is 0 Å². The predicted molar refractivity (Wildman–Crippen MR) is 63.6 cm³/mol. The third kappa shape index (κ3) is 1.88. The zero-order valence-electron chi connectivity index (χ0n) is 9.72. The van der Waals surface area contributed by atoms with Gasteiger partial charge in [-0.05, 0) is 24.1 Å². The van der Waals surface area contributed by atoms with Crippen molar-refractivity contribution in [3.63, 3.8) is 0 Å². The number of ether oxygens (including phenoxy) is 1. The van der Waals surface area contributed by atoms with E-state index in [1.807, 2.05) is 6.92 Å². The van der Waals surface area contributed by atoms with Gasteiger partial charge in [0.25, 0.3) is 0 Å². The lowest BCUT2D eigenvalue weighted by atomic mass is 10.1. The SMILES string of the molecule is CCc1ccc(S(=O)(=O)C2(CO)COC2)cc1. The van der Waals surface area contributed by atoms with E-state index in [0.717, 1.165) is 12.0 Å². The van der Waals surface area contributed by atoms with E-state index >= 15 is 0 Å². The van der Waals surface area contributed by atoms with Crippen molar-refractivity contribution in [1.82, 2.24) is 0 Å². The van der Waals surface area contributed by atoms with Crippen LogP contribution in [0, 0.1) is 0 Å². The fourth-order valence-electron chi connectivity index (χ4n) is 1.82. The molecule has 0 radical (unpaired) electrons. The Morgan fingerprint density at radius 2 is 1.88 bits per heavy atom. The van der Waals surface area contributed by atoms with Crippen LogP contribution in [0.1, 0.15) is 12.5 Å². The highest BCUT2D eigenvalue weighted by atomic mass is 32.2. The summed E-state index contributed by atoms with van der Waals surface area (Å²) in [5, 5.41) is 9.28. The van der Waals surface area contributed by atoms with E-state index < -0.39 is 21.2 Å². The second-order valence-corrected chi connectivity index (χ2v) is 6.68. The van der Waals surface area contributed by atoms with Crippen LogP contribution in [0.3, 0.4) is 0 Å². The summed E-state index contributed by atoms with van der Waals surface area (Å²) in [5.74, 6) is 0. The highest BCUT2D eigenvalue weighted by Gasteiger charge is 2.50. The Kier molecular flexibility index (Phi) is 3.25. The van der Waals surface area contributed by atoms with Gasteiger partial charge in [0.1, 0.15) is 4.75 Å². The van der Waals surface area contributed by atoms with Crippen molar-refractivity contribution in [3.8, 4) is 0 Å². The summed E-state index contributed by atoms with van der Waals surface area (Å²) in [6, 6.07) is 6.81. The Morgan fingerprint density at radius 1 is 1.29 bits per heavy atom. The second-order valence-electron chi connectivity index (χ2n) is 4.33. The smallest absolute Gasteiger partial charge is 0.190 e. The van der Waals surface area contributed by atoms with E-state index in [9.17, 15) is 13.5 Å². The van der Waals surface area contributed by atoms with E-state index in [1.165, 1.54) is 0 Å². The number of benzene rings is 1. The minimum atomic E-state index is -3.51. The molecule has 17 heavy (non-hydrogen) atoms. The van der Waals surface area contributed by atoms with Gasteiger partial charge in [0.05, 0.1) is 24.7 Å². The Morgan fingerprint density at radius 3 is 2.24 bits per heavy atom. The summed E-state index contributed by atoms with van der Waals surface area (Å²) < 4.78 is 28.5. The molecule has 1 heterocycles. The molecular weight excluding hydrogens is 240 g/mol. The molecule has 0 amide bonds. The highest BCUT2D eigenvalue weighted by Crippen LogP contribution is 2.32. The molecule has 1 fully saturated rings. The van der Waals surface area contributed by atoms with Gasteiger partial charge in [0.2, 0.25) is 0 Å². The zero-order valence-corrected chi connectivity index (χ0v) is 10.5. The molecule has 0 aliphatic carbocycles. The largest absolute Gasteiger partial charge is 0.395 e. The van der Waals surface area contributed by atoms with Crippen LogP contribution < -0.4 is 0 Å². The van der Waals surface area contributed by atoms with Gasteiger partial charge < -0.3 is 9.84 Å². The average molecular weight is 256 g/mol. The van der Waals surface area contributed by atoms with Crippen molar-refractivity contribution in [2.75, 3.05) is 19.8 Å². The first-order valence-electron chi connectivity index (χ1n) is 5.58. The third-order valence-electron chi connectivity index (χ3n) is 3.23. The first-order valence-corrected chi connectivity index (χ1v) is 7.06. The predicted octanol–water partition coefficient (Wildman–Crippen LogP) is 0.784. The molecule has 1 aliphatic heterocycles. The summed E-state index contributed by atoms with van der Waals surface area (Å²) in [6.07, 6.45) is 0.870. The van der Waals surface area contributed by atoms with E-state index in [1.54, 1.807) is 24.3 Å². The van der Waals surface area contributed by atoms with Gasteiger partial charge in [-0.1, -0.05) is 19.1 Å². The number of aliphatic hydroxyl groups excluding tert-OH is 1. The Labute approximate surface area is 101 Å². The van der Waals surface area contributed by atoms with Crippen LogP contribution in [-0.4, -0.2) is 38.1 Å². The minimum Gasteiger partial charge on any atom is -0.395 e. The molecule has 0 spiro atoms. The molecule has 1 N–H and O–H groups in total. The van der Waals surface area contributed by atoms with Crippen LogP contribution in [0.25, 0.3) is 0 Å². The van der Waals surface area contributed by atoms with Gasteiger partial charge in [-0.15, -0.1) is 0 Å². The lowest BCUT2D eigenvalue weighted by molar-refractivity contribution is -0.0367. The molecule has 1 aromatic rings. The van der Waals surface area contributed by atoms with Crippen LogP contribution in [-0.2, 0) is 21.0 Å². The van der Waals surface area contributed by atoms with Crippen molar-refractivity contribution in [2.24, 2.45) is 0 Å². The molecule has 1 aromatic carbocycles. The average Bonchev–Trinajstić information content (AvgIpc) is 2.28. The third-order valence-corrected chi connectivity index (χ3v) is 5.63. The molecular formula is C12H16O4S. The summed E-state index contributed by atoms with van der Waals surface area (Å²) in [6.45, 7) is 1.76. The maximum Gasteiger partial charge on any atom is 0.190 e. The quantitative estimate of drug-likeness (QED) is 0.865. The number of sulfone groups is 1. The summed E-state index contributed by atoms with van der Waals surface area (Å²) in [7, 11) is -3.51. The maximum absolute atomic E-state index is 12.3. The number of hydrogen-bond donors (Lipinski definition) is 1. The second kappa shape index (κ2) is 4.40. The molecule has 0 atom stereocenters. The zero-order chi connectivity index (χ0) is 12.5. The fourth-order valence-corrected chi connectivity index (χ4v) is 3.46. The Balaban J connectivity index is 2.37. The standard InChI is InChI=1S/C12H16O4S/c1-2-10-3-5-11(6-4-10)17(14,15)12(7-13)8-16-9-12/h3-6,13H,2,7-9H2,1H3. The first kappa shape index (κ1) is 12.5. The number of hydrogen-bond acceptors (Lipinski definition) is 4. The molecule has 4 nitrogen and oxygen atoms in total. The summed E-state index contributed by atoms with van der Waals surface area (Å²) in [4.78, 5) is 0.257. The monoisotopic (exact) mass is 256 g/mol. The van der Waals surface area contributed by atoms with Crippen molar-refractivity contribution in [2.45, 2.75) is 23.0 Å². The topological polar surface area (TPSA) is 63.6 Å². The molecule has 0 bridgehead atoms. The van der Waals surface area contributed by atoms with Crippen molar-refractivity contribution < 1.29 is 18.3 Å². The number of aliphatic hydroxyl groups is 1. The molecule has 1 aliphatic rings. The maximum atomic E-state index is 12.3. The normalized spacial score (nSPS) is 18.7. The summed E-state index contributed by atoms with van der Waals surface area (Å²) >= 11 is 0. The van der Waals surface area contributed by atoms with Gasteiger partial charge in [0, 0.05) is 0 Å². The van der Waals surface area contributed by atoms with Gasteiger partial charge in [-0.2, -0.15) is 0 Å². The van der Waals surface area contributed by atoms with Crippen molar-refractivity contribution >= 4 is 9.84 Å². The van der Waals surface area contributed by atoms with Gasteiger partial charge in [-0.25, -0.2) is 8.42 Å². The fraction of sp³-hybridized carbons (Fsp3) is 0.500. The van der Waals surface area contributed by atoms with Crippen molar-refractivity contribution in [1.29, 1.82) is 0 Å². The van der Waals surface area contributed by atoms with E-state index in [-0.39, 0.29) is 18.1 Å². The molecule has 1 saturated heterocycles. The number of rotatable bonds is 4. The van der Waals surface area contributed by atoms with Crippen LogP contribution in [0.15, 0.2) is 29.2 Å². The van der Waals surface area contributed by atoms with Gasteiger partial charge in [-0.3, -0.25) is 0 Å². The lowest BCUT2D eigenvalue weighted by Gasteiger charge is -2.38. The number of aryl methyl sites for hydroxylation is 1. The summed E-state index contributed by atoms with van der Waals surface area (Å²) in [5.41, 5.74) is 1.09. The first-order chi connectivity index (χ1) is 8.05. The molecule has 5 heteroatoms. The Bertz CT molecular complexity index is 480. The van der Waals surface area contributed by atoms with Crippen molar-refractivity contribution in [3.05, 3.63) is 29.8 Å². The molecule has 2 rings (SSSR count). The molecule has 0 saturated carbocycles. The molecule has 0 aromatic heterocycles. The van der Waals surface area contributed by atoms with E-state index in [0.29, 0.717) is 0 Å². The molecule has 94 valence electrons. The van der Waals surface area contributed by atoms with Crippen LogP contribution >= 0.6 is 0 Å². The minimum absolute atomic E-state index is 0.0708. The van der Waals surface area contributed by atoms with E-state index in [4.69, 9.17) is 4.74 Å². The molecule has 0 unspecified atom stereocenters. The van der Waals surface area contributed by atoms with E-state index in [2.05, 4.69) is 0 Å². The highest BCUT2D eigenvalue weighted by molar-refractivity contribution is 7.93. The lowest BCUT2D eigenvalue weighted by Crippen LogP contribution is -2.58. The van der Waals surface area contributed by atoms with Gasteiger partial charge in [0.15, 0.2) is 9.84 Å². The van der Waals surface area contributed by atoms with Crippen LogP contribution in [0.2, 0.25) is 0 Å². The van der Waals surface area contributed by atoms with Crippen LogP contribution in [0.4, 0.5) is 0 Å².